The minimum Gasteiger partial charge on any atom is -0.369 e. The van der Waals surface area contributed by atoms with Crippen molar-refractivity contribution in [2.45, 2.75) is 20.3 Å². The number of nitrogens with two attached hydrogens (primary N) is 4. The first kappa shape index (κ1) is 16.6. The third kappa shape index (κ3) is 7.56. The van der Waals surface area contributed by atoms with E-state index in [0.29, 0.717) is 17.8 Å². The summed E-state index contributed by atoms with van der Waals surface area (Å²) in [5.74, 6) is -0.234. The molecule has 8 N–H and O–H groups in total. The van der Waals surface area contributed by atoms with Gasteiger partial charge in [0.1, 0.15) is 0 Å². The van der Waals surface area contributed by atoms with Crippen LogP contribution in [-0.2, 0) is 0 Å². The van der Waals surface area contributed by atoms with Crippen molar-refractivity contribution < 1.29 is 0 Å². The lowest BCUT2D eigenvalue weighted by Gasteiger charge is -1.98. The highest BCUT2D eigenvalue weighted by Crippen LogP contribution is 1.92. The molecule has 0 aromatic carbocycles. The van der Waals surface area contributed by atoms with Crippen LogP contribution in [0.25, 0.3) is 0 Å². The summed E-state index contributed by atoms with van der Waals surface area (Å²) < 4.78 is 0. The van der Waals surface area contributed by atoms with Crippen LogP contribution in [0.1, 0.15) is 20.3 Å². The van der Waals surface area contributed by atoms with Gasteiger partial charge >= 0.3 is 0 Å². The molecule has 16 heavy (non-hydrogen) atoms. The molecule has 0 aromatic rings. The molecule has 0 aliphatic rings. The van der Waals surface area contributed by atoms with E-state index >= 15 is 0 Å². The van der Waals surface area contributed by atoms with E-state index in [2.05, 4.69) is 20.4 Å². The molecular weight excluding hydrogens is 232 g/mol. The van der Waals surface area contributed by atoms with Gasteiger partial charge in [0.15, 0.2) is 0 Å². The molecule has 0 aromatic heterocycles. The Balaban J connectivity index is 0. The normalized spacial score (nSPS) is 11.4. The Kier molecular flexibility index (Phi) is 8.79. The quantitative estimate of drug-likeness (QED) is 0.289. The van der Waals surface area contributed by atoms with E-state index in [0.717, 1.165) is 0 Å². The zero-order valence-corrected chi connectivity index (χ0v) is 10.0. The van der Waals surface area contributed by atoms with Gasteiger partial charge in [-0.3, -0.25) is 0 Å². The van der Waals surface area contributed by atoms with E-state index in [1.807, 2.05) is 6.92 Å². The van der Waals surface area contributed by atoms with E-state index < -0.39 is 0 Å². The first-order valence-corrected chi connectivity index (χ1v) is 4.26. The van der Waals surface area contributed by atoms with Crippen LogP contribution < -0.4 is 22.9 Å². The second-order valence-electron chi connectivity index (χ2n) is 2.64. The number of halogens is 1. The lowest BCUT2D eigenvalue weighted by atomic mass is 10.2. The SMILES string of the molecule is CCC(=N\N=C(N)N)/C(C)=N\N=C(N)N.Cl. The maximum Gasteiger partial charge on any atom is 0.211 e. The van der Waals surface area contributed by atoms with Crippen LogP contribution in [0.5, 0.6) is 0 Å². The summed E-state index contributed by atoms with van der Waals surface area (Å²) in [5.41, 5.74) is 21.7. The second-order valence-corrected chi connectivity index (χ2v) is 2.64. The summed E-state index contributed by atoms with van der Waals surface area (Å²) in [6, 6.07) is 0. The predicted molar refractivity (Wildman–Crippen MR) is 69.7 cm³/mol. The topological polar surface area (TPSA) is 154 Å². The van der Waals surface area contributed by atoms with Gasteiger partial charge in [0.05, 0.1) is 11.4 Å². The first-order valence-electron chi connectivity index (χ1n) is 4.26. The van der Waals surface area contributed by atoms with Gasteiger partial charge in [-0.25, -0.2) is 0 Å². The van der Waals surface area contributed by atoms with Crippen molar-refractivity contribution in [2.75, 3.05) is 0 Å². The van der Waals surface area contributed by atoms with Gasteiger partial charge in [-0.15, -0.1) is 22.6 Å². The van der Waals surface area contributed by atoms with E-state index in [1.54, 1.807) is 6.92 Å². The van der Waals surface area contributed by atoms with Crippen LogP contribution in [0.4, 0.5) is 0 Å². The Morgan fingerprint density at radius 2 is 1.31 bits per heavy atom. The fourth-order valence-electron chi connectivity index (χ4n) is 0.707. The van der Waals surface area contributed by atoms with Crippen molar-refractivity contribution >= 4 is 35.7 Å². The fraction of sp³-hybridized carbons (Fsp3) is 0.429. The van der Waals surface area contributed by atoms with Crippen molar-refractivity contribution in [3.05, 3.63) is 0 Å². The number of hydrogen-bond acceptors (Lipinski definition) is 4. The molecule has 9 heteroatoms. The molecule has 0 atom stereocenters. The van der Waals surface area contributed by atoms with E-state index in [9.17, 15) is 0 Å². The standard InChI is InChI=1S/C7H16N8.ClH/c1-3-5(13-15-7(10)11)4(2)12-14-6(8)9;/h3H2,1-2H3,(H4,8,9,14)(H4,10,11,15);1H/b12-4-,13-5+;. The molecule has 0 spiro atoms. The number of hydrogen-bond donors (Lipinski definition) is 4. The van der Waals surface area contributed by atoms with Crippen molar-refractivity contribution in [2.24, 2.45) is 43.3 Å². The average molecular weight is 249 g/mol. The average Bonchev–Trinajstić information content (AvgIpc) is 2.15. The third-order valence-corrected chi connectivity index (χ3v) is 1.35. The minimum absolute atomic E-state index is 0. The summed E-state index contributed by atoms with van der Waals surface area (Å²) in [7, 11) is 0. The fourth-order valence-corrected chi connectivity index (χ4v) is 0.707. The van der Waals surface area contributed by atoms with E-state index in [1.165, 1.54) is 0 Å². The zero-order valence-electron chi connectivity index (χ0n) is 9.21. The van der Waals surface area contributed by atoms with Gasteiger partial charge in [-0.05, 0) is 13.3 Å². The molecule has 0 bridgehead atoms. The van der Waals surface area contributed by atoms with Crippen LogP contribution in [0.15, 0.2) is 20.4 Å². The van der Waals surface area contributed by atoms with Crippen LogP contribution in [-0.4, -0.2) is 23.3 Å². The summed E-state index contributed by atoms with van der Waals surface area (Å²) in [6.45, 7) is 3.59. The van der Waals surface area contributed by atoms with Gasteiger partial charge in [-0.2, -0.15) is 10.2 Å². The largest absolute Gasteiger partial charge is 0.369 e. The number of rotatable bonds is 4. The molecular formula is C7H17ClN8. The van der Waals surface area contributed by atoms with Crippen LogP contribution in [0, 0.1) is 0 Å². The Morgan fingerprint density at radius 1 is 0.875 bits per heavy atom. The van der Waals surface area contributed by atoms with Gasteiger partial charge < -0.3 is 22.9 Å². The monoisotopic (exact) mass is 248 g/mol. The van der Waals surface area contributed by atoms with E-state index in [4.69, 9.17) is 22.9 Å². The molecule has 92 valence electrons. The predicted octanol–water partition coefficient (Wildman–Crippen LogP) is -0.903. The van der Waals surface area contributed by atoms with Crippen molar-refractivity contribution in [3.63, 3.8) is 0 Å². The van der Waals surface area contributed by atoms with Crippen molar-refractivity contribution in [3.8, 4) is 0 Å². The summed E-state index contributed by atoms with van der Waals surface area (Å²) >= 11 is 0. The smallest absolute Gasteiger partial charge is 0.211 e. The lowest BCUT2D eigenvalue weighted by Crippen LogP contribution is -2.23. The van der Waals surface area contributed by atoms with Gasteiger partial charge in [-0.1, -0.05) is 6.92 Å². The number of guanidine groups is 2. The van der Waals surface area contributed by atoms with Crippen LogP contribution in [0.3, 0.4) is 0 Å². The highest BCUT2D eigenvalue weighted by Gasteiger charge is 2.00. The molecule has 8 nitrogen and oxygen atoms in total. The highest BCUT2D eigenvalue weighted by atomic mass is 35.5. The maximum atomic E-state index is 5.13. The molecule has 0 radical (unpaired) electrons. The Labute approximate surface area is 100.0 Å². The molecule has 0 aliphatic heterocycles. The van der Waals surface area contributed by atoms with Crippen LogP contribution >= 0.6 is 12.4 Å². The Morgan fingerprint density at radius 3 is 1.69 bits per heavy atom. The minimum atomic E-state index is -0.119. The molecule has 0 heterocycles. The second kappa shape index (κ2) is 8.48. The summed E-state index contributed by atoms with van der Waals surface area (Å²) in [6.07, 6.45) is 0.617. The zero-order chi connectivity index (χ0) is 11.8. The number of nitrogens with zero attached hydrogens (tertiary/aromatic N) is 4. The lowest BCUT2D eigenvalue weighted by molar-refractivity contribution is 1.15. The molecule has 0 aliphatic carbocycles. The highest BCUT2D eigenvalue weighted by molar-refractivity contribution is 6.41. The Hall–Kier alpha value is -1.83. The first-order chi connectivity index (χ1) is 6.97. The summed E-state index contributed by atoms with van der Waals surface area (Å²) in [5, 5.41) is 14.5. The summed E-state index contributed by atoms with van der Waals surface area (Å²) in [4.78, 5) is 0. The van der Waals surface area contributed by atoms with Crippen molar-refractivity contribution in [1.82, 2.24) is 0 Å². The van der Waals surface area contributed by atoms with Crippen molar-refractivity contribution in [1.29, 1.82) is 0 Å². The van der Waals surface area contributed by atoms with E-state index in [-0.39, 0.29) is 24.3 Å². The molecule has 0 saturated carbocycles. The molecule has 0 rings (SSSR count). The molecule has 0 amide bonds. The maximum absolute atomic E-state index is 5.13. The molecule has 0 fully saturated rings. The van der Waals surface area contributed by atoms with Gasteiger partial charge in [0, 0.05) is 0 Å². The third-order valence-electron chi connectivity index (χ3n) is 1.35. The molecule has 0 unspecified atom stereocenters. The van der Waals surface area contributed by atoms with Crippen LogP contribution in [0.2, 0.25) is 0 Å². The molecule has 0 saturated heterocycles. The van der Waals surface area contributed by atoms with Gasteiger partial charge in [0.25, 0.3) is 0 Å². The van der Waals surface area contributed by atoms with Gasteiger partial charge in [0.2, 0.25) is 11.9 Å². The Bertz CT molecular complexity index is 321.